The normalized spacial score (nSPS) is 11.5. The molecule has 0 aliphatic rings. The van der Waals surface area contributed by atoms with Gasteiger partial charge in [-0.15, -0.1) is 11.3 Å². The number of nitrogens with zero attached hydrogens (tertiary/aromatic N) is 2. The third-order valence-electron chi connectivity index (χ3n) is 2.84. The minimum absolute atomic E-state index is 0.237. The number of hydrogen-bond donors (Lipinski definition) is 3. The number of nitrogen functional groups attached to an aromatic ring is 1. The molecule has 0 radical (unpaired) electrons. The van der Waals surface area contributed by atoms with Crippen molar-refractivity contribution in [1.82, 2.24) is 20.5 Å². The Hall–Kier alpha value is -1.89. The molecule has 6 nitrogen and oxygen atoms in total. The van der Waals surface area contributed by atoms with Crippen LogP contribution in [0.3, 0.4) is 0 Å². The third-order valence-corrected chi connectivity index (χ3v) is 3.94. The van der Waals surface area contributed by atoms with Gasteiger partial charge in [0.15, 0.2) is 5.69 Å². The average Bonchev–Trinajstić information content (AvgIpc) is 2.97. The SMILES string of the molecule is CCc1[nH]nc(C(=O)NC(C)(C)c2nccs2)c1N. The summed E-state index contributed by atoms with van der Waals surface area (Å²) in [6, 6.07) is 0. The van der Waals surface area contributed by atoms with E-state index in [2.05, 4.69) is 20.5 Å². The van der Waals surface area contributed by atoms with Crippen molar-refractivity contribution in [3.8, 4) is 0 Å². The van der Waals surface area contributed by atoms with E-state index in [1.54, 1.807) is 6.20 Å². The van der Waals surface area contributed by atoms with Crippen LogP contribution in [0.15, 0.2) is 11.6 Å². The summed E-state index contributed by atoms with van der Waals surface area (Å²) in [5.41, 5.74) is 6.76. The number of nitrogens with one attached hydrogen (secondary N) is 2. The molecule has 0 spiro atoms. The number of aromatic nitrogens is 3. The first-order valence-electron chi connectivity index (χ1n) is 6.01. The standard InChI is InChI=1S/C12H17N5OS/c1-4-7-8(13)9(17-16-7)10(18)15-12(2,3)11-14-5-6-19-11/h5-6H,4,13H2,1-3H3,(H,15,18)(H,16,17). The predicted octanol–water partition coefficient (Wildman–Crippen LogP) is 1.68. The van der Waals surface area contributed by atoms with Gasteiger partial charge in [0.25, 0.3) is 5.91 Å². The van der Waals surface area contributed by atoms with Crippen molar-refractivity contribution in [3.63, 3.8) is 0 Å². The van der Waals surface area contributed by atoms with Crippen LogP contribution in [0.4, 0.5) is 5.69 Å². The number of aromatic amines is 1. The van der Waals surface area contributed by atoms with Crippen LogP contribution in [0.2, 0.25) is 0 Å². The van der Waals surface area contributed by atoms with Gasteiger partial charge in [0.05, 0.1) is 16.9 Å². The molecular weight excluding hydrogens is 262 g/mol. The van der Waals surface area contributed by atoms with Gasteiger partial charge < -0.3 is 11.1 Å². The van der Waals surface area contributed by atoms with Gasteiger partial charge in [-0.2, -0.15) is 5.10 Å². The Balaban J connectivity index is 2.19. The molecule has 2 aromatic heterocycles. The predicted molar refractivity (Wildman–Crippen MR) is 75.0 cm³/mol. The highest BCUT2D eigenvalue weighted by molar-refractivity contribution is 7.09. The van der Waals surface area contributed by atoms with Crippen LogP contribution >= 0.6 is 11.3 Å². The summed E-state index contributed by atoms with van der Waals surface area (Å²) in [4.78, 5) is 16.4. The Kier molecular flexibility index (Phi) is 3.57. The van der Waals surface area contributed by atoms with Crippen molar-refractivity contribution in [2.24, 2.45) is 0 Å². The molecule has 2 aromatic rings. The number of H-pyrrole nitrogens is 1. The maximum atomic E-state index is 12.2. The first kappa shape index (κ1) is 13.5. The van der Waals surface area contributed by atoms with E-state index in [9.17, 15) is 4.79 Å². The maximum absolute atomic E-state index is 12.2. The molecule has 102 valence electrons. The highest BCUT2D eigenvalue weighted by Gasteiger charge is 2.28. The fraction of sp³-hybridized carbons (Fsp3) is 0.417. The molecule has 0 bridgehead atoms. The number of carbonyl (C=O) groups is 1. The lowest BCUT2D eigenvalue weighted by molar-refractivity contribution is 0.0907. The number of nitrogens with two attached hydrogens (primary N) is 1. The quantitative estimate of drug-likeness (QED) is 0.793. The van der Waals surface area contributed by atoms with E-state index in [4.69, 9.17) is 5.73 Å². The molecule has 2 heterocycles. The van der Waals surface area contributed by atoms with E-state index < -0.39 is 5.54 Å². The van der Waals surface area contributed by atoms with Crippen LogP contribution in [-0.2, 0) is 12.0 Å². The number of rotatable bonds is 4. The molecule has 0 fully saturated rings. The molecule has 19 heavy (non-hydrogen) atoms. The summed E-state index contributed by atoms with van der Waals surface area (Å²) in [7, 11) is 0. The smallest absolute Gasteiger partial charge is 0.274 e. The van der Waals surface area contributed by atoms with E-state index in [0.717, 1.165) is 10.7 Å². The van der Waals surface area contributed by atoms with Gasteiger partial charge in [-0.1, -0.05) is 6.92 Å². The first-order valence-corrected chi connectivity index (χ1v) is 6.89. The van der Waals surface area contributed by atoms with Crippen molar-refractivity contribution in [1.29, 1.82) is 0 Å². The first-order chi connectivity index (χ1) is 8.95. The summed E-state index contributed by atoms with van der Waals surface area (Å²) in [6.45, 7) is 5.74. The topological polar surface area (TPSA) is 96.7 Å². The minimum atomic E-state index is -0.553. The van der Waals surface area contributed by atoms with Gasteiger partial charge in [0, 0.05) is 11.6 Å². The number of aryl methyl sites for hydroxylation is 1. The second-order valence-corrected chi connectivity index (χ2v) is 5.63. The molecule has 0 saturated carbocycles. The second-order valence-electron chi connectivity index (χ2n) is 4.73. The lowest BCUT2D eigenvalue weighted by Gasteiger charge is -2.23. The summed E-state index contributed by atoms with van der Waals surface area (Å²) in [5.74, 6) is -0.298. The highest BCUT2D eigenvalue weighted by Crippen LogP contribution is 2.23. The molecule has 2 rings (SSSR count). The van der Waals surface area contributed by atoms with Crippen LogP contribution < -0.4 is 11.1 Å². The Morgan fingerprint density at radius 2 is 2.32 bits per heavy atom. The van der Waals surface area contributed by atoms with Crippen molar-refractivity contribution < 1.29 is 4.79 Å². The third kappa shape index (κ3) is 2.60. The van der Waals surface area contributed by atoms with E-state index >= 15 is 0 Å². The van der Waals surface area contributed by atoms with Crippen molar-refractivity contribution >= 4 is 22.9 Å². The minimum Gasteiger partial charge on any atom is -0.395 e. The molecule has 7 heteroatoms. The van der Waals surface area contributed by atoms with Crippen molar-refractivity contribution in [2.45, 2.75) is 32.7 Å². The molecule has 0 aliphatic heterocycles. The number of amides is 1. The molecule has 4 N–H and O–H groups in total. The lowest BCUT2D eigenvalue weighted by atomic mass is 10.1. The summed E-state index contributed by atoms with van der Waals surface area (Å²) in [6.07, 6.45) is 2.42. The largest absolute Gasteiger partial charge is 0.395 e. The molecule has 0 unspecified atom stereocenters. The molecule has 0 atom stereocenters. The Morgan fingerprint density at radius 3 is 2.84 bits per heavy atom. The van der Waals surface area contributed by atoms with Crippen LogP contribution in [0, 0.1) is 0 Å². The molecule has 0 aromatic carbocycles. The van der Waals surface area contributed by atoms with Crippen LogP contribution in [0.25, 0.3) is 0 Å². The van der Waals surface area contributed by atoms with E-state index in [0.29, 0.717) is 12.1 Å². The van der Waals surface area contributed by atoms with Gasteiger partial charge in [0.2, 0.25) is 0 Å². The van der Waals surface area contributed by atoms with Crippen molar-refractivity contribution in [3.05, 3.63) is 28.0 Å². The lowest BCUT2D eigenvalue weighted by Crippen LogP contribution is -2.41. The monoisotopic (exact) mass is 279 g/mol. The number of hydrogen-bond acceptors (Lipinski definition) is 5. The van der Waals surface area contributed by atoms with Crippen LogP contribution in [0.1, 0.15) is 42.0 Å². The van der Waals surface area contributed by atoms with Gasteiger partial charge in [-0.25, -0.2) is 4.98 Å². The summed E-state index contributed by atoms with van der Waals surface area (Å²) < 4.78 is 0. The van der Waals surface area contributed by atoms with E-state index in [-0.39, 0.29) is 11.6 Å². The molecule has 0 aliphatic carbocycles. The molecule has 1 amide bonds. The van der Waals surface area contributed by atoms with E-state index in [1.165, 1.54) is 11.3 Å². The number of thiazole rings is 1. The maximum Gasteiger partial charge on any atom is 0.274 e. The molecule has 0 saturated heterocycles. The van der Waals surface area contributed by atoms with Crippen molar-refractivity contribution in [2.75, 3.05) is 5.73 Å². The fourth-order valence-corrected chi connectivity index (χ4v) is 2.48. The highest BCUT2D eigenvalue weighted by atomic mass is 32.1. The second kappa shape index (κ2) is 5.00. The zero-order valence-corrected chi connectivity index (χ0v) is 12.0. The fourth-order valence-electron chi connectivity index (χ4n) is 1.76. The number of carbonyl (C=O) groups excluding carboxylic acids is 1. The van der Waals surface area contributed by atoms with Gasteiger partial charge in [-0.05, 0) is 20.3 Å². The Morgan fingerprint density at radius 1 is 1.58 bits per heavy atom. The Bertz CT molecular complexity index is 573. The average molecular weight is 279 g/mol. The number of anilines is 1. The van der Waals surface area contributed by atoms with Crippen LogP contribution in [-0.4, -0.2) is 21.1 Å². The zero-order valence-electron chi connectivity index (χ0n) is 11.2. The Labute approximate surface area is 115 Å². The van der Waals surface area contributed by atoms with Gasteiger partial charge in [0.1, 0.15) is 5.01 Å². The van der Waals surface area contributed by atoms with E-state index in [1.807, 2.05) is 26.2 Å². The van der Waals surface area contributed by atoms with Crippen LogP contribution in [0.5, 0.6) is 0 Å². The zero-order chi connectivity index (χ0) is 14.0. The van der Waals surface area contributed by atoms with Gasteiger partial charge in [-0.3, -0.25) is 9.89 Å². The summed E-state index contributed by atoms with van der Waals surface area (Å²) >= 11 is 1.50. The molecular formula is C12H17N5OS. The van der Waals surface area contributed by atoms with Gasteiger partial charge >= 0.3 is 0 Å². The summed E-state index contributed by atoms with van der Waals surface area (Å²) in [5, 5.41) is 12.4.